The van der Waals surface area contributed by atoms with Crippen molar-refractivity contribution in [3.05, 3.63) is 69.2 Å². The number of piperazine rings is 1. The Morgan fingerprint density at radius 1 is 1.17 bits per heavy atom. The van der Waals surface area contributed by atoms with Crippen molar-refractivity contribution in [3.8, 4) is 0 Å². The second-order valence-electron chi connectivity index (χ2n) is 7.27. The minimum atomic E-state index is -0.404. The molecule has 0 spiro atoms. The zero-order valence-corrected chi connectivity index (χ0v) is 17.4. The molecule has 2 aromatic carbocycles. The molecular weight excluding hydrogens is 392 g/mol. The molecule has 0 aliphatic carbocycles. The van der Waals surface area contributed by atoms with Crippen LogP contribution in [0.4, 0.5) is 11.4 Å². The van der Waals surface area contributed by atoms with Crippen LogP contribution in [0.2, 0.25) is 5.02 Å². The van der Waals surface area contributed by atoms with Gasteiger partial charge in [0, 0.05) is 50.9 Å². The molecule has 8 heteroatoms. The van der Waals surface area contributed by atoms with Crippen LogP contribution < -0.4 is 4.90 Å². The van der Waals surface area contributed by atoms with Gasteiger partial charge in [0.25, 0.3) is 5.69 Å². The van der Waals surface area contributed by atoms with E-state index >= 15 is 0 Å². The van der Waals surface area contributed by atoms with Gasteiger partial charge in [0.15, 0.2) is 0 Å². The van der Waals surface area contributed by atoms with E-state index in [1.54, 1.807) is 17.0 Å². The fourth-order valence-corrected chi connectivity index (χ4v) is 3.84. The Balaban J connectivity index is 1.60. The quantitative estimate of drug-likeness (QED) is 0.533. The summed E-state index contributed by atoms with van der Waals surface area (Å²) in [5, 5.41) is 11.7. The molecule has 154 valence electrons. The van der Waals surface area contributed by atoms with Gasteiger partial charge in [0.1, 0.15) is 5.69 Å². The maximum Gasteiger partial charge on any atom is 0.294 e. The topological polar surface area (TPSA) is 69.9 Å². The number of nitro groups is 1. The van der Waals surface area contributed by atoms with E-state index in [0.29, 0.717) is 43.4 Å². The molecule has 0 unspecified atom stereocenters. The number of carbonyl (C=O) groups excluding carboxylic acids is 1. The highest BCUT2D eigenvalue weighted by molar-refractivity contribution is 6.30. The molecule has 0 radical (unpaired) electrons. The van der Waals surface area contributed by atoms with Gasteiger partial charge in [0.05, 0.1) is 11.0 Å². The maximum atomic E-state index is 12.8. The lowest BCUT2D eigenvalue weighted by Gasteiger charge is -2.39. The molecule has 0 aromatic heterocycles. The molecule has 1 fully saturated rings. The Bertz CT molecular complexity index is 869. The van der Waals surface area contributed by atoms with Gasteiger partial charge in [-0.2, -0.15) is 0 Å². The van der Waals surface area contributed by atoms with E-state index in [1.165, 1.54) is 6.07 Å². The van der Waals surface area contributed by atoms with Gasteiger partial charge < -0.3 is 9.80 Å². The average molecular weight is 417 g/mol. The Labute approximate surface area is 175 Å². The third-order valence-corrected chi connectivity index (χ3v) is 5.57. The first kappa shape index (κ1) is 21.1. The van der Waals surface area contributed by atoms with E-state index in [4.69, 9.17) is 11.6 Å². The van der Waals surface area contributed by atoms with Crippen LogP contribution in [0.3, 0.4) is 0 Å². The third kappa shape index (κ3) is 5.05. The second-order valence-corrected chi connectivity index (χ2v) is 7.71. The van der Waals surface area contributed by atoms with Gasteiger partial charge in [0.2, 0.25) is 5.91 Å². The first-order chi connectivity index (χ1) is 13.9. The van der Waals surface area contributed by atoms with Crippen LogP contribution in [0.1, 0.15) is 12.5 Å². The molecule has 1 saturated heterocycles. The largest absolute Gasteiger partial charge is 0.363 e. The van der Waals surface area contributed by atoms with Crippen LogP contribution in [-0.2, 0) is 11.3 Å². The lowest BCUT2D eigenvalue weighted by Crippen LogP contribution is -2.54. The van der Waals surface area contributed by atoms with E-state index in [-0.39, 0.29) is 17.6 Å². The fraction of sp³-hybridized carbons (Fsp3) is 0.381. The van der Waals surface area contributed by atoms with Gasteiger partial charge in [-0.1, -0.05) is 41.9 Å². The van der Waals surface area contributed by atoms with Crippen molar-refractivity contribution < 1.29 is 9.72 Å². The summed E-state index contributed by atoms with van der Waals surface area (Å²) in [4.78, 5) is 29.7. The summed E-state index contributed by atoms with van der Waals surface area (Å²) < 4.78 is 0. The van der Waals surface area contributed by atoms with Gasteiger partial charge >= 0.3 is 0 Å². The first-order valence-electron chi connectivity index (χ1n) is 9.58. The summed E-state index contributed by atoms with van der Waals surface area (Å²) >= 11 is 5.91. The van der Waals surface area contributed by atoms with E-state index < -0.39 is 4.92 Å². The summed E-state index contributed by atoms with van der Waals surface area (Å²) in [7, 11) is 1.82. The molecule has 0 N–H and O–H groups in total. The standard InChI is InChI=1S/C21H25ClN4O3/c1-16(21(27)23(2)15-17-6-4-3-5-7-17)24-10-12-25(13-11-24)19-9-8-18(22)14-20(19)26(28)29/h3-9,14,16H,10-13,15H2,1-2H3/t16-/m0/s1. The number of nitrogens with zero attached hydrogens (tertiary/aromatic N) is 4. The van der Waals surface area contributed by atoms with Crippen molar-refractivity contribution in [3.63, 3.8) is 0 Å². The molecule has 29 heavy (non-hydrogen) atoms. The average Bonchev–Trinajstić information content (AvgIpc) is 2.73. The molecule has 7 nitrogen and oxygen atoms in total. The molecule has 1 atom stereocenters. The number of likely N-dealkylation sites (N-methyl/N-ethyl adjacent to an activating group) is 1. The lowest BCUT2D eigenvalue weighted by molar-refractivity contribution is -0.384. The van der Waals surface area contributed by atoms with Gasteiger partial charge in [-0.3, -0.25) is 19.8 Å². The smallest absolute Gasteiger partial charge is 0.294 e. The zero-order valence-electron chi connectivity index (χ0n) is 16.6. The van der Waals surface area contributed by atoms with Crippen LogP contribution in [0.25, 0.3) is 0 Å². The predicted octanol–water partition coefficient (Wildman–Crippen LogP) is 3.42. The maximum absolute atomic E-state index is 12.8. The van der Waals surface area contributed by atoms with Crippen molar-refractivity contribution in [2.75, 3.05) is 38.1 Å². The van der Waals surface area contributed by atoms with Crippen LogP contribution in [0.5, 0.6) is 0 Å². The van der Waals surface area contributed by atoms with E-state index in [2.05, 4.69) is 4.90 Å². The molecule has 1 amide bonds. The van der Waals surface area contributed by atoms with Crippen molar-refractivity contribution in [2.45, 2.75) is 19.5 Å². The molecule has 0 bridgehead atoms. The number of anilines is 1. The van der Waals surface area contributed by atoms with Crippen molar-refractivity contribution >= 4 is 28.9 Å². The molecular formula is C21H25ClN4O3. The van der Waals surface area contributed by atoms with E-state index in [9.17, 15) is 14.9 Å². The molecule has 1 aliphatic heterocycles. The van der Waals surface area contributed by atoms with Crippen molar-refractivity contribution in [2.24, 2.45) is 0 Å². The van der Waals surface area contributed by atoms with Crippen LogP contribution >= 0.6 is 11.6 Å². The lowest BCUT2D eigenvalue weighted by atomic mass is 10.1. The van der Waals surface area contributed by atoms with Crippen molar-refractivity contribution in [1.29, 1.82) is 0 Å². The number of halogens is 1. The highest BCUT2D eigenvalue weighted by Crippen LogP contribution is 2.31. The third-order valence-electron chi connectivity index (χ3n) is 5.33. The predicted molar refractivity (Wildman–Crippen MR) is 114 cm³/mol. The highest BCUT2D eigenvalue weighted by atomic mass is 35.5. The molecule has 1 aliphatic rings. The zero-order chi connectivity index (χ0) is 21.0. The molecule has 2 aromatic rings. The number of benzene rings is 2. The SMILES string of the molecule is C[C@@H](C(=O)N(C)Cc1ccccc1)N1CCN(c2ccc(Cl)cc2[N+](=O)[O-])CC1. The van der Waals surface area contributed by atoms with E-state index in [1.807, 2.05) is 49.2 Å². The summed E-state index contributed by atoms with van der Waals surface area (Å²) in [5.41, 5.74) is 1.67. The normalized spacial score (nSPS) is 15.8. The number of hydrogen-bond donors (Lipinski definition) is 0. The number of hydrogen-bond acceptors (Lipinski definition) is 5. The summed E-state index contributed by atoms with van der Waals surface area (Å²) in [5.74, 6) is 0.0692. The van der Waals surface area contributed by atoms with Gasteiger partial charge in [-0.15, -0.1) is 0 Å². The van der Waals surface area contributed by atoms with Crippen molar-refractivity contribution in [1.82, 2.24) is 9.80 Å². The highest BCUT2D eigenvalue weighted by Gasteiger charge is 2.29. The second kappa shape index (κ2) is 9.24. The number of nitro benzene ring substituents is 1. The summed E-state index contributed by atoms with van der Waals surface area (Å²) in [6.45, 7) is 5.04. The van der Waals surface area contributed by atoms with Crippen LogP contribution in [0.15, 0.2) is 48.5 Å². The monoisotopic (exact) mass is 416 g/mol. The number of rotatable bonds is 6. The molecule has 1 heterocycles. The Morgan fingerprint density at radius 3 is 2.45 bits per heavy atom. The fourth-order valence-electron chi connectivity index (χ4n) is 3.67. The summed E-state index contributed by atoms with van der Waals surface area (Å²) in [6, 6.07) is 14.4. The first-order valence-corrected chi connectivity index (χ1v) is 9.96. The van der Waals surface area contributed by atoms with Gasteiger partial charge in [-0.05, 0) is 24.6 Å². The Kier molecular flexibility index (Phi) is 6.71. The van der Waals surface area contributed by atoms with Crippen LogP contribution in [0, 0.1) is 10.1 Å². The number of carbonyl (C=O) groups is 1. The van der Waals surface area contributed by atoms with Crippen LogP contribution in [-0.4, -0.2) is 59.9 Å². The molecule has 0 saturated carbocycles. The summed E-state index contributed by atoms with van der Waals surface area (Å²) in [6.07, 6.45) is 0. The van der Waals surface area contributed by atoms with E-state index in [0.717, 1.165) is 5.56 Å². The minimum Gasteiger partial charge on any atom is -0.363 e. The Hall–Kier alpha value is -2.64. The molecule has 3 rings (SSSR count). The van der Waals surface area contributed by atoms with Gasteiger partial charge in [-0.25, -0.2) is 0 Å². The number of amides is 1. The Morgan fingerprint density at radius 2 is 1.83 bits per heavy atom. The minimum absolute atomic E-state index is 0.0117.